The lowest BCUT2D eigenvalue weighted by atomic mass is 10.1. The van der Waals surface area contributed by atoms with Crippen molar-refractivity contribution in [1.29, 1.82) is 0 Å². The van der Waals surface area contributed by atoms with E-state index in [-0.39, 0.29) is 5.91 Å². The second-order valence-electron chi connectivity index (χ2n) is 8.35. The molecule has 0 heterocycles. The van der Waals surface area contributed by atoms with E-state index in [1.807, 2.05) is 49.4 Å². The van der Waals surface area contributed by atoms with E-state index in [2.05, 4.69) is 16.2 Å². The number of carbonyl (C=O) groups is 3. The third-order valence-corrected chi connectivity index (χ3v) is 5.44. The number of hydrogen-bond donors (Lipinski definition) is 3. The Morgan fingerprint density at radius 1 is 0.579 bits per heavy atom. The summed E-state index contributed by atoms with van der Waals surface area (Å²) in [6.07, 6.45) is 0. The minimum atomic E-state index is -0.500. The van der Waals surface area contributed by atoms with Crippen molar-refractivity contribution in [2.75, 3.05) is 18.5 Å². The molecule has 4 aromatic carbocycles. The lowest BCUT2D eigenvalue weighted by molar-refractivity contribution is 0.0846. The zero-order valence-electron chi connectivity index (χ0n) is 20.8. The fraction of sp³-hybridized carbons (Fsp3) is 0.100. The minimum Gasteiger partial charge on any atom is -0.490 e. The van der Waals surface area contributed by atoms with Crippen LogP contribution in [0.3, 0.4) is 0 Å². The van der Waals surface area contributed by atoms with Crippen molar-refractivity contribution >= 4 is 23.4 Å². The van der Waals surface area contributed by atoms with Gasteiger partial charge in [0.1, 0.15) is 24.7 Å². The van der Waals surface area contributed by atoms with Crippen LogP contribution in [0.2, 0.25) is 0 Å². The van der Waals surface area contributed by atoms with Crippen molar-refractivity contribution in [3.05, 3.63) is 125 Å². The number of benzene rings is 4. The highest BCUT2D eigenvalue weighted by Crippen LogP contribution is 2.15. The molecule has 0 aliphatic carbocycles. The Kier molecular flexibility index (Phi) is 8.70. The van der Waals surface area contributed by atoms with E-state index in [1.54, 1.807) is 60.7 Å². The first-order valence-corrected chi connectivity index (χ1v) is 12.0. The van der Waals surface area contributed by atoms with Gasteiger partial charge in [-0.15, -0.1) is 0 Å². The number of ether oxygens (including phenoxy) is 2. The fourth-order valence-corrected chi connectivity index (χ4v) is 3.52. The lowest BCUT2D eigenvalue weighted by Crippen LogP contribution is -2.41. The molecule has 4 aromatic rings. The summed E-state index contributed by atoms with van der Waals surface area (Å²) in [5.41, 5.74) is 7.50. The zero-order chi connectivity index (χ0) is 26.7. The van der Waals surface area contributed by atoms with Crippen LogP contribution in [0, 0.1) is 6.92 Å². The van der Waals surface area contributed by atoms with Crippen LogP contribution in [0.15, 0.2) is 103 Å². The predicted octanol–water partition coefficient (Wildman–Crippen LogP) is 4.78. The second-order valence-corrected chi connectivity index (χ2v) is 8.35. The molecule has 0 unspecified atom stereocenters. The smallest absolute Gasteiger partial charge is 0.269 e. The summed E-state index contributed by atoms with van der Waals surface area (Å²) >= 11 is 0. The normalized spacial score (nSPS) is 10.2. The lowest BCUT2D eigenvalue weighted by Gasteiger charge is -2.11. The Balaban J connectivity index is 1.24. The molecule has 8 heteroatoms. The van der Waals surface area contributed by atoms with E-state index in [1.165, 1.54) is 0 Å². The van der Waals surface area contributed by atoms with Crippen molar-refractivity contribution in [2.24, 2.45) is 0 Å². The third-order valence-electron chi connectivity index (χ3n) is 5.44. The van der Waals surface area contributed by atoms with Gasteiger partial charge in [-0.25, -0.2) is 0 Å². The van der Waals surface area contributed by atoms with E-state index in [4.69, 9.17) is 9.47 Å². The summed E-state index contributed by atoms with van der Waals surface area (Å²) in [6.45, 7) is 2.57. The molecule has 0 radical (unpaired) electrons. The number of para-hydroxylation sites is 1. The van der Waals surface area contributed by atoms with E-state index in [0.29, 0.717) is 41.3 Å². The van der Waals surface area contributed by atoms with Crippen LogP contribution >= 0.6 is 0 Å². The molecule has 8 nitrogen and oxygen atoms in total. The van der Waals surface area contributed by atoms with Crippen molar-refractivity contribution < 1.29 is 23.9 Å². The standard InChI is InChI=1S/C30H27N3O5/c1-21-7-5-8-23(19-21)28(34)31-25-15-13-22(14-16-25)29(35)32-33-30(36)24-9-6-12-27(20-24)38-18-17-37-26-10-3-2-4-11-26/h2-16,19-20H,17-18H2,1H3,(H,31,34)(H,32,35)(H,33,36). The van der Waals surface area contributed by atoms with Crippen LogP contribution in [0.25, 0.3) is 0 Å². The first-order valence-electron chi connectivity index (χ1n) is 12.0. The summed E-state index contributed by atoms with van der Waals surface area (Å²) in [5.74, 6) is 0.0189. The van der Waals surface area contributed by atoms with Crippen molar-refractivity contribution in [1.82, 2.24) is 10.9 Å². The molecule has 0 aliphatic rings. The Hall–Kier alpha value is -5.11. The molecule has 0 spiro atoms. The van der Waals surface area contributed by atoms with Crippen LogP contribution in [-0.2, 0) is 0 Å². The molecule has 0 saturated heterocycles. The molecule has 0 aliphatic heterocycles. The SMILES string of the molecule is Cc1cccc(C(=O)Nc2ccc(C(=O)NNC(=O)c3cccc(OCCOc4ccccc4)c3)cc2)c1. The highest BCUT2D eigenvalue weighted by Gasteiger charge is 2.11. The molecule has 4 rings (SSSR count). The molecule has 0 fully saturated rings. The van der Waals surface area contributed by atoms with Gasteiger partial charge < -0.3 is 14.8 Å². The highest BCUT2D eigenvalue weighted by molar-refractivity contribution is 6.05. The van der Waals surface area contributed by atoms with Crippen LogP contribution in [0.1, 0.15) is 36.6 Å². The minimum absolute atomic E-state index is 0.243. The van der Waals surface area contributed by atoms with Gasteiger partial charge in [0, 0.05) is 22.4 Å². The zero-order valence-corrected chi connectivity index (χ0v) is 20.8. The van der Waals surface area contributed by atoms with Gasteiger partial charge in [-0.2, -0.15) is 0 Å². The summed E-state index contributed by atoms with van der Waals surface area (Å²) in [6, 6.07) is 29.6. The maximum Gasteiger partial charge on any atom is 0.269 e. The number of carbonyl (C=O) groups excluding carboxylic acids is 3. The van der Waals surface area contributed by atoms with E-state index in [9.17, 15) is 14.4 Å². The van der Waals surface area contributed by atoms with Gasteiger partial charge in [-0.05, 0) is 73.7 Å². The second kappa shape index (κ2) is 12.7. The number of amides is 3. The van der Waals surface area contributed by atoms with Crippen LogP contribution in [0.4, 0.5) is 5.69 Å². The van der Waals surface area contributed by atoms with Crippen molar-refractivity contribution in [3.63, 3.8) is 0 Å². The summed E-state index contributed by atoms with van der Waals surface area (Å²) in [7, 11) is 0. The molecule has 0 saturated carbocycles. The Morgan fingerprint density at radius 3 is 1.84 bits per heavy atom. The van der Waals surface area contributed by atoms with Crippen molar-refractivity contribution in [2.45, 2.75) is 6.92 Å². The molecule has 0 aromatic heterocycles. The van der Waals surface area contributed by atoms with Gasteiger partial charge in [0.25, 0.3) is 17.7 Å². The molecular weight excluding hydrogens is 482 g/mol. The molecule has 38 heavy (non-hydrogen) atoms. The van der Waals surface area contributed by atoms with Crippen LogP contribution < -0.4 is 25.6 Å². The molecule has 192 valence electrons. The number of rotatable bonds is 9. The number of aryl methyl sites for hydroxylation is 1. The third kappa shape index (κ3) is 7.44. The molecular formula is C30H27N3O5. The molecule has 0 atom stereocenters. The average Bonchev–Trinajstić information content (AvgIpc) is 2.95. The van der Waals surface area contributed by atoms with Gasteiger partial charge in [0.05, 0.1) is 0 Å². The highest BCUT2D eigenvalue weighted by atomic mass is 16.5. The summed E-state index contributed by atoms with van der Waals surface area (Å²) < 4.78 is 11.3. The van der Waals surface area contributed by atoms with Gasteiger partial charge in [-0.3, -0.25) is 25.2 Å². The van der Waals surface area contributed by atoms with Gasteiger partial charge >= 0.3 is 0 Å². The number of nitrogens with one attached hydrogen (secondary N) is 3. The molecule has 3 N–H and O–H groups in total. The summed E-state index contributed by atoms with van der Waals surface area (Å²) in [4.78, 5) is 37.4. The van der Waals surface area contributed by atoms with Crippen LogP contribution in [-0.4, -0.2) is 30.9 Å². The van der Waals surface area contributed by atoms with Gasteiger partial charge in [0.2, 0.25) is 0 Å². The largest absolute Gasteiger partial charge is 0.490 e. The number of hydrazine groups is 1. The Morgan fingerprint density at radius 2 is 1.16 bits per heavy atom. The van der Waals surface area contributed by atoms with E-state index in [0.717, 1.165) is 11.3 Å². The summed E-state index contributed by atoms with van der Waals surface area (Å²) in [5, 5.41) is 2.79. The monoisotopic (exact) mass is 509 g/mol. The molecule has 0 bridgehead atoms. The van der Waals surface area contributed by atoms with Crippen LogP contribution in [0.5, 0.6) is 11.5 Å². The molecule has 3 amide bonds. The Bertz CT molecular complexity index is 1410. The van der Waals surface area contributed by atoms with Gasteiger partial charge in [-0.1, -0.05) is 42.0 Å². The predicted molar refractivity (Wildman–Crippen MR) is 144 cm³/mol. The first kappa shape index (κ1) is 26.0. The Labute approximate surface area is 220 Å². The first-order chi connectivity index (χ1) is 18.5. The number of hydrogen-bond acceptors (Lipinski definition) is 5. The van der Waals surface area contributed by atoms with E-state index >= 15 is 0 Å². The maximum atomic E-state index is 12.5. The van der Waals surface area contributed by atoms with Gasteiger partial charge in [0.15, 0.2) is 0 Å². The topological polar surface area (TPSA) is 106 Å². The van der Waals surface area contributed by atoms with E-state index < -0.39 is 11.8 Å². The fourth-order valence-electron chi connectivity index (χ4n) is 3.52. The maximum absolute atomic E-state index is 12.5. The average molecular weight is 510 g/mol. The quantitative estimate of drug-likeness (QED) is 0.222. The number of anilines is 1. The van der Waals surface area contributed by atoms with Crippen molar-refractivity contribution in [3.8, 4) is 11.5 Å².